The van der Waals surface area contributed by atoms with E-state index in [-0.39, 0.29) is 6.04 Å². The van der Waals surface area contributed by atoms with Crippen LogP contribution in [-0.2, 0) is 12.8 Å². The molecule has 6 N–H and O–H groups in total. The van der Waals surface area contributed by atoms with Gasteiger partial charge in [0.15, 0.2) is 0 Å². The summed E-state index contributed by atoms with van der Waals surface area (Å²) in [4.78, 5) is 21.9. The van der Waals surface area contributed by atoms with Crippen molar-refractivity contribution in [1.29, 1.82) is 5.41 Å². The number of amides is 1. The van der Waals surface area contributed by atoms with Gasteiger partial charge in [0, 0.05) is 40.9 Å². The van der Waals surface area contributed by atoms with Gasteiger partial charge in [-0.05, 0) is 31.4 Å². The number of nitrogen functional groups attached to an aromatic ring is 1. The van der Waals surface area contributed by atoms with Gasteiger partial charge in [-0.15, -0.1) is 11.3 Å². The van der Waals surface area contributed by atoms with Gasteiger partial charge in [-0.1, -0.05) is 0 Å². The van der Waals surface area contributed by atoms with Gasteiger partial charge in [-0.2, -0.15) is 0 Å². The van der Waals surface area contributed by atoms with Crippen molar-refractivity contribution in [2.24, 2.45) is 0 Å². The van der Waals surface area contributed by atoms with Crippen LogP contribution in [0.5, 0.6) is 5.75 Å². The number of aryl methyl sites for hydroxylation is 1. The highest BCUT2D eigenvalue weighted by Crippen LogP contribution is 2.40. The lowest BCUT2D eigenvalue weighted by atomic mass is 9.93. The summed E-state index contributed by atoms with van der Waals surface area (Å²) in [6.45, 7) is 2.37. The van der Waals surface area contributed by atoms with Crippen LogP contribution in [0.3, 0.4) is 0 Å². The van der Waals surface area contributed by atoms with Gasteiger partial charge in [-0.3, -0.25) is 0 Å². The minimum absolute atomic E-state index is 0.0933. The van der Waals surface area contributed by atoms with Crippen LogP contribution in [0.1, 0.15) is 29.3 Å². The lowest BCUT2D eigenvalue weighted by molar-refractivity contribution is 0.188. The quantitative estimate of drug-likeness (QED) is 0.299. The van der Waals surface area contributed by atoms with Gasteiger partial charge >= 0.3 is 6.09 Å². The van der Waals surface area contributed by atoms with Gasteiger partial charge in [0.2, 0.25) is 0 Å². The fourth-order valence-corrected chi connectivity index (χ4v) is 5.01. The Kier molecular flexibility index (Phi) is 5.40. The van der Waals surface area contributed by atoms with E-state index in [1.54, 1.807) is 23.5 Å². The first-order valence-corrected chi connectivity index (χ1v) is 10.4. The Hall–Kier alpha value is -3.40. The molecule has 1 unspecified atom stereocenters. The molecule has 3 aromatic rings. The first kappa shape index (κ1) is 19.9. The van der Waals surface area contributed by atoms with Gasteiger partial charge < -0.3 is 31.6 Å². The summed E-state index contributed by atoms with van der Waals surface area (Å²) >= 11 is 1.57. The van der Waals surface area contributed by atoms with Crippen LogP contribution in [0.4, 0.5) is 22.0 Å². The Labute approximate surface area is 176 Å². The number of rotatable bonds is 6. The highest BCUT2D eigenvalue weighted by molar-refractivity contribution is 7.19. The third kappa shape index (κ3) is 3.73. The molecule has 0 aliphatic heterocycles. The van der Waals surface area contributed by atoms with Crippen molar-refractivity contribution >= 4 is 51.1 Å². The van der Waals surface area contributed by atoms with Gasteiger partial charge in [0.05, 0.1) is 17.7 Å². The highest BCUT2D eigenvalue weighted by atomic mass is 32.1. The molecule has 9 nitrogen and oxygen atoms in total. The number of anilines is 3. The molecule has 0 bridgehead atoms. The number of benzene rings is 1. The molecule has 0 radical (unpaired) electrons. The Balaban J connectivity index is 1.74. The van der Waals surface area contributed by atoms with E-state index >= 15 is 0 Å². The van der Waals surface area contributed by atoms with E-state index in [1.165, 1.54) is 12.5 Å². The first-order chi connectivity index (χ1) is 14.5. The van der Waals surface area contributed by atoms with Crippen molar-refractivity contribution in [3.05, 3.63) is 34.5 Å². The number of nitrogens with two attached hydrogens (primary N) is 1. The number of hydrogen-bond acceptors (Lipinski definition) is 8. The van der Waals surface area contributed by atoms with Crippen LogP contribution >= 0.6 is 11.3 Å². The lowest BCUT2D eigenvalue weighted by Crippen LogP contribution is -2.37. The molecule has 0 saturated carbocycles. The normalized spacial score (nSPS) is 15.4. The average molecular weight is 427 g/mol. The zero-order valence-electron chi connectivity index (χ0n) is 16.4. The van der Waals surface area contributed by atoms with Gasteiger partial charge in [0.1, 0.15) is 22.7 Å². The van der Waals surface area contributed by atoms with E-state index in [1.807, 2.05) is 6.92 Å². The van der Waals surface area contributed by atoms with E-state index in [9.17, 15) is 4.79 Å². The van der Waals surface area contributed by atoms with Crippen molar-refractivity contribution in [3.8, 4) is 5.75 Å². The molecule has 1 aliphatic carbocycles. The van der Waals surface area contributed by atoms with E-state index < -0.39 is 6.09 Å². The zero-order valence-corrected chi connectivity index (χ0v) is 17.2. The largest absolute Gasteiger partial charge is 0.492 e. The standard InChI is InChI=1S/C20H22N6O3S/c1-2-29-15-7-13(22)10(8-21)5-14(15)26-18-17-12-4-3-11(25-20(27)28)6-16(12)30-19(17)24-9-23-18/h5,7-9,11,21,25H,2-4,6,22H2,1H3,(H,27,28)(H,23,24,26). The summed E-state index contributed by atoms with van der Waals surface area (Å²) in [5.41, 5.74) is 8.89. The Morgan fingerprint density at radius 2 is 2.30 bits per heavy atom. The minimum atomic E-state index is -1.000. The third-order valence-corrected chi connectivity index (χ3v) is 6.23. The minimum Gasteiger partial charge on any atom is -0.492 e. The summed E-state index contributed by atoms with van der Waals surface area (Å²) in [6.07, 6.45) is 3.83. The Bertz CT molecular complexity index is 1130. The third-order valence-electron chi connectivity index (χ3n) is 5.07. The molecular weight excluding hydrogens is 404 g/mol. The molecule has 4 rings (SSSR count). The number of aromatic nitrogens is 2. The number of ether oxygens (including phenoxy) is 1. The molecule has 0 fully saturated rings. The number of carbonyl (C=O) groups is 1. The van der Waals surface area contributed by atoms with E-state index in [0.717, 1.165) is 33.5 Å². The fourth-order valence-electron chi connectivity index (χ4n) is 3.74. The summed E-state index contributed by atoms with van der Waals surface area (Å²) < 4.78 is 5.72. The molecule has 1 atom stereocenters. The maximum Gasteiger partial charge on any atom is 0.404 e. The molecule has 2 aromatic heterocycles. The van der Waals surface area contributed by atoms with Crippen molar-refractivity contribution in [2.75, 3.05) is 17.7 Å². The number of nitrogens with one attached hydrogen (secondary N) is 3. The molecular formula is C20H22N6O3S. The smallest absolute Gasteiger partial charge is 0.404 e. The molecule has 156 valence electrons. The zero-order chi connectivity index (χ0) is 21.3. The Morgan fingerprint density at radius 1 is 1.47 bits per heavy atom. The number of hydrogen-bond donors (Lipinski definition) is 5. The monoisotopic (exact) mass is 426 g/mol. The van der Waals surface area contributed by atoms with Crippen LogP contribution in [0.25, 0.3) is 10.2 Å². The Morgan fingerprint density at radius 3 is 3.03 bits per heavy atom. The number of thiophene rings is 1. The maximum absolute atomic E-state index is 11.0. The highest BCUT2D eigenvalue weighted by Gasteiger charge is 2.26. The molecule has 2 heterocycles. The number of carboxylic acid groups (broad SMARTS) is 1. The van der Waals surface area contributed by atoms with Gasteiger partial charge in [-0.25, -0.2) is 14.8 Å². The van der Waals surface area contributed by atoms with Crippen LogP contribution in [0.2, 0.25) is 0 Å². The number of nitrogens with zero attached hydrogens (tertiary/aromatic N) is 2. The summed E-state index contributed by atoms with van der Waals surface area (Å²) in [7, 11) is 0. The van der Waals surface area contributed by atoms with Crippen molar-refractivity contribution in [2.45, 2.75) is 32.2 Å². The second-order valence-corrected chi connectivity index (χ2v) is 8.06. The topological polar surface area (TPSA) is 146 Å². The summed E-state index contributed by atoms with van der Waals surface area (Å²) in [5, 5.41) is 23.5. The van der Waals surface area contributed by atoms with Crippen LogP contribution in [0.15, 0.2) is 18.5 Å². The second kappa shape index (κ2) is 8.15. The summed E-state index contributed by atoms with van der Waals surface area (Å²) in [5.74, 6) is 1.24. The molecule has 1 aromatic carbocycles. The predicted molar refractivity (Wildman–Crippen MR) is 118 cm³/mol. The first-order valence-electron chi connectivity index (χ1n) is 9.58. The fraction of sp³-hybridized carbons (Fsp3) is 0.300. The lowest BCUT2D eigenvalue weighted by Gasteiger charge is -2.22. The second-order valence-electron chi connectivity index (χ2n) is 6.98. The van der Waals surface area contributed by atoms with Crippen molar-refractivity contribution in [3.63, 3.8) is 0 Å². The van der Waals surface area contributed by atoms with Crippen molar-refractivity contribution < 1.29 is 14.6 Å². The van der Waals surface area contributed by atoms with E-state index in [0.29, 0.717) is 41.5 Å². The van der Waals surface area contributed by atoms with Crippen LogP contribution in [0, 0.1) is 5.41 Å². The molecule has 0 saturated heterocycles. The van der Waals surface area contributed by atoms with Gasteiger partial charge in [0.25, 0.3) is 0 Å². The summed E-state index contributed by atoms with van der Waals surface area (Å²) in [6, 6.07) is 3.38. The van der Waals surface area contributed by atoms with E-state index in [4.69, 9.17) is 21.0 Å². The van der Waals surface area contributed by atoms with Crippen LogP contribution in [-0.4, -0.2) is 40.0 Å². The average Bonchev–Trinajstić information content (AvgIpc) is 3.08. The predicted octanol–water partition coefficient (Wildman–Crippen LogP) is 3.54. The molecule has 30 heavy (non-hydrogen) atoms. The molecule has 1 aliphatic rings. The SMILES string of the molecule is CCOc1cc(N)c(C=N)cc1Nc1ncnc2sc3c(c12)CCC(NC(=O)O)C3. The maximum atomic E-state index is 11.0. The van der Waals surface area contributed by atoms with Crippen molar-refractivity contribution in [1.82, 2.24) is 15.3 Å². The van der Waals surface area contributed by atoms with Crippen LogP contribution < -0.4 is 21.1 Å². The molecule has 0 spiro atoms. The molecule has 1 amide bonds. The number of fused-ring (bicyclic) bond motifs is 3. The molecule has 10 heteroatoms. The van der Waals surface area contributed by atoms with E-state index in [2.05, 4.69) is 20.6 Å².